The zero-order valence-electron chi connectivity index (χ0n) is 22.6. The van der Waals surface area contributed by atoms with E-state index in [-0.39, 0.29) is 30.8 Å². The summed E-state index contributed by atoms with van der Waals surface area (Å²) in [4.78, 5) is 15.1. The largest absolute Gasteiger partial charge is 0.372 e. The summed E-state index contributed by atoms with van der Waals surface area (Å²) in [7, 11) is -7.36. The van der Waals surface area contributed by atoms with Crippen LogP contribution in [0, 0.1) is 6.92 Å². The monoisotopic (exact) mass is 577 g/mol. The smallest absolute Gasteiger partial charge is 0.258 e. The van der Waals surface area contributed by atoms with Gasteiger partial charge in [-0.25, -0.2) is 21.2 Å². The van der Waals surface area contributed by atoms with Crippen LogP contribution in [0.2, 0.25) is 0 Å². The van der Waals surface area contributed by atoms with Crippen LogP contribution in [0.1, 0.15) is 38.2 Å². The van der Waals surface area contributed by atoms with E-state index in [9.17, 15) is 21.6 Å². The minimum atomic E-state index is -3.98. The van der Waals surface area contributed by atoms with E-state index in [4.69, 9.17) is 0 Å². The number of hydrogen-bond donors (Lipinski definition) is 1. The third kappa shape index (κ3) is 6.70. The molecule has 0 spiro atoms. The van der Waals surface area contributed by atoms with Crippen LogP contribution < -0.4 is 10.2 Å². The fourth-order valence-electron chi connectivity index (χ4n) is 5.09. The second-order valence-electron chi connectivity index (χ2n) is 10.5. The number of carbonyl (C=O) groups is 1. The number of amides is 1. The Hall–Kier alpha value is -2.76. The van der Waals surface area contributed by atoms with Gasteiger partial charge >= 0.3 is 0 Å². The number of aryl methyl sites for hydroxylation is 1. The standard InChI is InChI=1S/C28H36FN3O5S2/c1-21-8-4-5-9-24(21)25-20-23(31-15-6-7-16-31)10-11-26(25)39(36,37)32-17-13-28(29,14-18-32)27(33)30-22(2)12-19-38(3,34)35/h4-5,8-12,19-20,22H,6-7,13-18H2,1-3H3,(H,30,33)/b19-12-/t22-/m1/s1. The lowest BCUT2D eigenvalue weighted by Gasteiger charge is -2.35. The number of piperidine rings is 1. The Morgan fingerprint density at radius 1 is 1.00 bits per heavy atom. The molecule has 2 heterocycles. The molecule has 0 bridgehead atoms. The minimum Gasteiger partial charge on any atom is -0.372 e. The molecule has 8 nitrogen and oxygen atoms in total. The van der Waals surface area contributed by atoms with Crippen LogP contribution in [0.3, 0.4) is 0 Å². The molecule has 2 aliphatic heterocycles. The molecule has 2 fully saturated rings. The van der Waals surface area contributed by atoms with Crippen molar-refractivity contribution in [2.24, 2.45) is 0 Å². The number of halogens is 1. The van der Waals surface area contributed by atoms with Crippen molar-refractivity contribution in [1.82, 2.24) is 9.62 Å². The number of hydrogen-bond acceptors (Lipinski definition) is 6. The first kappa shape index (κ1) is 29.2. The summed E-state index contributed by atoms with van der Waals surface area (Å²) >= 11 is 0. The summed E-state index contributed by atoms with van der Waals surface area (Å²) in [5.74, 6) is -0.874. The highest BCUT2D eigenvalue weighted by Gasteiger charge is 2.45. The first-order chi connectivity index (χ1) is 18.3. The van der Waals surface area contributed by atoms with E-state index in [2.05, 4.69) is 10.2 Å². The fourth-order valence-corrected chi connectivity index (χ4v) is 7.24. The molecule has 0 radical (unpaired) electrons. The molecule has 1 N–H and O–H groups in total. The van der Waals surface area contributed by atoms with Crippen LogP contribution >= 0.6 is 0 Å². The maximum absolute atomic E-state index is 15.6. The normalized spacial score (nSPS) is 19.3. The fraction of sp³-hybridized carbons (Fsp3) is 0.464. The maximum Gasteiger partial charge on any atom is 0.258 e. The van der Waals surface area contributed by atoms with E-state index in [1.165, 1.54) is 10.4 Å². The van der Waals surface area contributed by atoms with Crippen molar-refractivity contribution in [3.8, 4) is 11.1 Å². The Kier molecular flexibility index (Phi) is 8.53. The molecule has 212 valence electrons. The SMILES string of the molecule is Cc1ccccc1-c1cc(N2CCCC2)ccc1S(=O)(=O)N1CCC(F)(C(=O)N[C@H](C)/C=C\S(C)(=O)=O)CC1. The lowest BCUT2D eigenvalue weighted by molar-refractivity contribution is -0.135. The van der Waals surface area contributed by atoms with Crippen molar-refractivity contribution in [1.29, 1.82) is 0 Å². The maximum atomic E-state index is 15.6. The number of nitrogens with one attached hydrogen (secondary N) is 1. The van der Waals surface area contributed by atoms with Gasteiger partial charge in [0.05, 0.1) is 4.90 Å². The predicted octanol–water partition coefficient (Wildman–Crippen LogP) is 3.82. The van der Waals surface area contributed by atoms with Crippen LogP contribution in [0.4, 0.5) is 10.1 Å². The lowest BCUT2D eigenvalue weighted by atomic mass is 9.93. The number of sulfonamides is 1. The molecule has 39 heavy (non-hydrogen) atoms. The van der Waals surface area contributed by atoms with Crippen LogP contribution in [0.5, 0.6) is 0 Å². The Bertz CT molecular complexity index is 1460. The number of alkyl halides is 1. The van der Waals surface area contributed by atoms with Crippen LogP contribution in [-0.4, -0.2) is 71.2 Å². The topological polar surface area (TPSA) is 104 Å². The highest BCUT2D eigenvalue weighted by molar-refractivity contribution is 7.93. The van der Waals surface area contributed by atoms with E-state index >= 15 is 4.39 Å². The molecular weight excluding hydrogens is 541 g/mol. The minimum absolute atomic E-state index is 0.152. The second kappa shape index (κ2) is 11.4. The molecular formula is C28H36FN3O5S2. The summed E-state index contributed by atoms with van der Waals surface area (Å²) in [6, 6.07) is 12.3. The molecule has 2 aliphatic rings. The van der Waals surface area contributed by atoms with Crippen molar-refractivity contribution in [3.05, 3.63) is 59.5 Å². The van der Waals surface area contributed by atoms with Gasteiger partial charge in [-0.3, -0.25) is 4.79 Å². The van der Waals surface area contributed by atoms with Gasteiger partial charge in [0.2, 0.25) is 10.0 Å². The predicted molar refractivity (Wildman–Crippen MR) is 151 cm³/mol. The third-order valence-corrected chi connectivity index (χ3v) is 9.99. The van der Waals surface area contributed by atoms with Crippen LogP contribution in [0.15, 0.2) is 58.8 Å². The second-order valence-corrected chi connectivity index (χ2v) is 14.3. The van der Waals surface area contributed by atoms with Gasteiger partial charge in [0.25, 0.3) is 5.91 Å². The number of anilines is 1. The number of sulfone groups is 1. The summed E-state index contributed by atoms with van der Waals surface area (Å²) in [5.41, 5.74) is 1.10. The summed E-state index contributed by atoms with van der Waals surface area (Å²) in [5, 5.41) is 3.44. The molecule has 0 aliphatic carbocycles. The van der Waals surface area contributed by atoms with Crippen molar-refractivity contribution in [3.63, 3.8) is 0 Å². The van der Waals surface area contributed by atoms with Crippen LogP contribution in [-0.2, 0) is 24.7 Å². The Morgan fingerprint density at radius 2 is 1.64 bits per heavy atom. The van der Waals surface area contributed by atoms with Crippen molar-refractivity contribution in [2.75, 3.05) is 37.3 Å². The first-order valence-electron chi connectivity index (χ1n) is 13.1. The van der Waals surface area contributed by atoms with E-state index in [1.807, 2.05) is 43.3 Å². The van der Waals surface area contributed by atoms with Crippen molar-refractivity contribution < 1.29 is 26.0 Å². The number of nitrogens with zero attached hydrogens (tertiary/aromatic N) is 2. The van der Waals surface area contributed by atoms with Crippen molar-refractivity contribution >= 4 is 31.5 Å². The summed E-state index contributed by atoms with van der Waals surface area (Å²) < 4.78 is 67.3. The van der Waals surface area contributed by atoms with Crippen LogP contribution in [0.25, 0.3) is 11.1 Å². The molecule has 0 saturated carbocycles. The molecule has 1 atom stereocenters. The zero-order chi connectivity index (χ0) is 28.4. The van der Waals surface area contributed by atoms with Gasteiger partial charge in [-0.15, -0.1) is 0 Å². The van der Waals surface area contributed by atoms with E-state index in [0.29, 0.717) is 5.56 Å². The average Bonchev–Trinajstić information content (AvgIpc) is 3.42. The van der Waals surface area contributed by atoms with E-state index in [0.717, 1.165) is 54.4 Å². The molecule has 1 amide bonds. The molecule has 11 heteroatoms. The highest BCUT2D eigenvalue weighted by atomic mass is 32.2. The summed E-state index contributed by atoms with van der Waals surface area (Å²) in [6.45, 7) is 5.03. The Balaban J connectivity index is 1.56. The molecule has 2 saturated heterocycles. The number of benzene rings is 2. The Labute approximate surface area is 230 Å². The first-order valence-corrected chi connectivity index (χ1v) is 16.5. The molecule has 4 rings (SSSR count). The van der Waals surface area contributed by atoms with Gasteiger partial charge in [0.1, 0.15) is 0 Å². The van der Waals surface area contributed by atoms with Gasteiger partial charge in [-0.2, -0.15) is 4.31 Å². The average molecular weight is 578 g/mol. The third-order valence-electron chi connectivity index (χ3n) is 7.38. The number of rotatable bonds is 8. The van der Waals surface area contributed by atoms with Gasteiger partial charge in [-0.05, 0) is 56.0 Å². The quantitative estimate of drug-likeness (QED) is 0.512. The van der Waals surface area contributed by atoms with Gasteiger partial charge in [-0.1, -0.05) is 30.3 Å². The van der Waals surface area contributed by atoms with Gasteiger partial charge in [0, 0.05) is 68.0 Å². The highest BCUT2D eigenvalue weighted by Crippen LogP contribution is 2.37. The summed E-state index contributed by atoms with van der Waals surface area (Å²) in [6.07, 6.45) is 3.89. The molecule has 2 aromatic rings. The van der Waals surface area contributed by atoms with E-state index in [1.54, 1.807) is 13.0 Å². The lowest BCUT2D eigenvalue weighted by Crippen LogP contribution is -2.53. The zero-order valence-corrected chi connectivity index (χ0v) is 24.2. The van der Waals surface area contributed by atoms with Crippen molar-refractivity contribution in [2.45, 2.75) is 56.1 Å². The Morgan fingerprint density at radius 3 is 2.26 bits per heavy atom. The molecule has 0 aromatic heterocycles. The molecule has 2 aromatic carbocycles. The molecule has 0 unspecified atom stereocenters. The van der Waals surface area contributed by atoms with Gasteiger partial charge < -0.3 is 10.2 Å². The van der Waals surface area contributed by atoms with E-state index < -0.39 is 37.5 Å². The number of carbonyl (C=O) groups excluding carboxylic acids is 1. The van der Waals surface area contributed by atoms with Gasteiger partial charge in [0.15, 0.2) is 15.5 Å².